The van der Waals surface area contributed by atoms with Gasteiger partial charge in [0.05, 0.1) is 0 Å². The molecule has 0 radical (unpaired) electrons. The summed E-state index contributed by atoms with van der Waals surface area (Å²) < 4.78 is 479. The first-order chi connectivity index (χ1) is 35.1. The van der Waals surface area contributed by atoms with E-state index in [0.717, 1.165) is 0 Å². The van der Waals surface area contributed by atoms with Crippen molar-refractivity contribution in [2.45, 2.75) is 108 Å². The van der Waals surface area contributed by atoms with E-state index in [1.165, 1.54) is 0 Å². The van der Waals surface area contributed by atoms with Gasteiger partial charge in [0.2, 0.25) is 5.79 Å². The predicted octanol–water partition coefficient (Wildman–Crippen LogP) is 0.227. The summed E-state index contributed by atoms with van der Waals surface area (Å²) in [6.07, 6.45) is -39.5. The van der Waals surface area contributed by atoms with Gasteiger partial charge in [0.15, 0.2) is 13.3 Å². The number of alkyl halides is 25. The number of hydrogen-bond donors (Lipinski definition) is 0. The van der Waals surface area contributed by atoms with Gasteiger partial charge in [-0.05, 0) is 6.92 Å². The van der Waals surface area contributed by atoms with Crippen molar-refractivity contribution >= 4 is 55.6 Å². The summed E-state index contributed by atoms with van der Waals surface area (Å²) in [4.78, 5) is 22.5. The number of ether oxygens (including phenoxy) is 10. The second kappa shape index (κ2) is 29.8. The molecule has 0 saturated carbocycles. The molecule has 0 aromatic heterocycles. The zero-order valence-electron chi connectivity index (χ0n) is 38.6. The van der Waals surface area contributed by atoms with Gasteiger partial charge in [-0.2, -0.15) is 126 Å². The SMILES string of the molecule is CC1(C(=O)F)OC(F)(COCC(F)(F)S(=O)(=O)F)C(F)(C(F)(F)OC(F)(F)CF)O1.CC1(COC(=O)C(F)(OC(F)(F)CC(F)(F)F)C(F)(F)F)OC(F)(COCC(F)(F)S(=O)(=O)F)C(F)(COC(F)(F)CF)O1.O=S=O.O=S=O.[F-].[K+]. The fourth-order valence-corrected chi connectivity index (χ4v) is 5.10. The Kier molecular flexibility index (Phi) is 31.3. The first-order valence-corrected chi connectivity index (χ1v) is 22.3. The molecule has 7 unspecified atom stereocenters. The van der Waals surface area contributed by atoms with Crippen LogP contribution in [0.3, 0.4) is 0 Å². The van der Waals surface area contributed by atoms with Gasteiger partial charge in [-0.25, -0.2) is 31.5 Å². The van der Waals surface area contributed by atoms with E-state index in [1.807, 2.05) is 0 Å². The van der Waals surface area contributed by atoms with E-state index < -0.39 is 203 Å². The minimum Gasteiger partial charge on any atom is -1.00 e. The second-order valence-corrected chi connectivity index (χ2v) is 17.7. The van der Waals surface area contributed by atoms with Crippen LogP contribution in [0.15, 0.2) is 0 Å². The molecule has 2 aliphatic heterocycles. The first kappa shape index (κ1) is 86.4. The Bertz CT molecular complexity index is 2410. The van der Waals surface area contributed by atoms with E-state index in [-0.39, 0.29) is 69.9 Å². The van der Waals surface area contributed by atoms with Crippen LogP contribution in [-0.4, -0.2) is 187 Å². The van der Waals surface area contributed by atoms with Crippen LogP contribution in [0.25, 0.3) is 0 Å². The van der Waals surface area contributed by atoms with Crippen LogP contribution >= 0.6 is 0 Å². The quantitative estimate of drug-likeness (QED) is 0.0513. The molecule has 0 amide bonds. The summed E-state index contributed by atoms with van der Waals surface area (Å²) in [5, 5.41) is -10.9. The van der Waals surface area contributed by atoms with Crippen LogP contribution in [-0.2, 0) is 101 Å². The largest absolute Gasteiger partial charge is 1.00 e. The van der Waals surface area contributed by atoms with Gasteiger partial charge >= 0.3 is 172 Å². The number of hydrogen-bond acceptors (Lipinski definition) is 20. The van der Waals surface area contributed by atoms with Crippen LogP contribution in [0.1, 0.15) is 20.3 Å². The summed E-state index contributed by atoms with van der Waals surface area (Å²) >= 11 is -1.50. The number of carbonyl (C=O) groups is 2. The molecular formula is C28H24F29KO20S4. The molecule has 2 aliphatic rings. The molecule has 2 saturated heterocycles. The summed E-state index contributed by atoms with van der Waals surface area (Å²) in [6, 6.07) is -3.05. The Labute approximate surface area is 483 Å². The third kappa shape index (κ3) is 23.2. The molecule has 2 heterocycles. The van der Waals surface area contributed by atoms with E-state index in [0.29, 0.717) is 0 Å². The first-order valence-electron chi connectivity index (χ1n) is 18.2. The van der Waals surface area contributed by atoms with E-state index in [4.69, 9.17) is 16.8 Å². The van der Waals surface area contributed by atoms with Crippen molar-refractivity contribution in [1.82, 2.24) is 0 Å². The van der Waals surface area contributed by atoms with Crippen molar-refractivity contribution < 1.29 is 269 Å². The molecule has 7 atom stereocenters. The Balaban J connectivity index is -0.000000696. The average Bonchev–Trinajstić information content (AvgIpc) is 3.58. The predicted molar refractivity (Wildman–Crippen MR) is 183 cm³/mol. The number of rotatable bonds is 25. The van der Waals surface area contributed by atoms with Crippen molar-refractivity contribution in [1.29, 1.82) is 0 Å². The molecule has 2 fully saturated rings. The van der Waals surface area contributed by atoms with Gasteiger partial charge in [-0.3, -0.25) is 19.0 Å². The standard InChI is InChI=1S/C17H15F17O9S.C11H9F11O7S.FH.K.2O2S/c1-9(4-39-8(35)16(30,17(31,32)33)43-13(24,25)2-12(21,22)23)41-10(19,5-38-7-15(28,29)44(34,36)37)11(20,42-9)6-40-14(26,27)3-18;1-6(5(13)23)27-7(14,3-26-4-9(17,18)30(22,24)25)10(19,28-6)11(20,21)29-8(15,16)2-12;;;2*1-3-2/h2-7H2,1H3;2-4H2,1H3;1H;;;/q;;;+1;;/p-1. The van der Waals surface area contributed by atoms with Crippen molar-refractivity contribution in [3.63, 3.8) is 0 Å². The topological polar surface area (TPSA) is 263 Å². The molecule has 20 nitrogen and oxygen atoms in total. The normalized spacial score (nSPS) is 26.4. The summed E-state index contributed by atoms with van der Waals surface area (Å²) in [5.41, 5.74) is 0. The Morgan fingerprint density at radius 3 is 1.24 bits per heavy atom. The van der Waals surface area contributed by atoms with E-state index >= 15 is 8.78 Å². The Morgan fingerprint density at radius 2 is 0.915 bits per heavy atom. The average molecular weight is 1400 g/mol. The molecule has 0 aliphatic carbocycles. The summed E-state index contributed by atoms with van der Waals surface area (Å²) in [6.45, 7) is -21.2. The smallest absolute Gasteiger partial charge is 1.00 e. The van der Waals surface area contributed by atoms with Crippen molar-refractivity contribution in [2.24, 2.45) is 0 Å². The summed E-state index contributed by atoms with van der Waals surface area (Å²) in [5.74, 6) is -38.1. The van der Waals surface area contributed by atoms with Gasteiger partial charge in [0.1, 0.15) is 46.1 Å². The van der Waals surface area contributed by atoms with Crippen molar-refractivity contribution in [3.8, 4) is 0 Å². The summed E-state index contributed by atoms with van der Waals surface area (Å²) in [7, 11) is -13.5. The molecule has 0 aromatic rings. The molecule has 82 heavy (non-hydrogen) atoms. The minimum atomic E-state index is -6.97. The number of halogens is 29. The molecule has 54 heteroatoms. The molecule has 484 valence electrons. The van der Waals surface area contributed by atoms with E-state index in [1.54, 1.807) is 0 Å². The molecule has 0 aromatic carbocycles. The van der Waals surface area contributed by atoms with E-state index in [9.17, 15) is 140 Å². The molecule has 0 spiro atoms. The van der Waals surface area contributed by atoms with Crippen molar-refractivity contribution in [3.05, 3.63) is 0 Å². The van der Waals surface area contributed by atoms with Crippen LogP contribution in [0.5, 0.6) is 0 Å². The van der Waals surface area contributed by atoms with Gasteiger partial charge in [-0.1, -0.05) is 7.77 Å². The van der Waals surface area contributed by atoms with Gasteiger partial charge < -0.3 is 33.1 Å². The fourth-order valence-electron chi connectivity index (χ4n) is 4.65. The number of esters is 1. The van der Waals surface area contributed by atoms with Crippen molar-refractivity contribution in [2.75, 3.05) is 53.0 Å². The maximum atomic E-state index is 15.4. The second-order valence-electron chi connectivity index (χ2n) is 14.5. The van der Waals surface area contributed by atoms with Gasteiger partial charge in [0, 0.05) is 6.92 Å². The monoisotopic (exact) mass is 1400 g/mol. The molecule has 0 N–H and O–H groups in total. The molecular weight excluding hydrogens is 1370 g/mol. The number of carbonyl (C=O) groups excluding carboxylic acids is 2. The van der Waals surface area contributed by atoms with Gasteiger partial charge in [0.25, 0.3) is 17.5 Å². The zero-order chi connectivity index (χ0) is 64.5. The maximum Gasteiger partial charge on any atom is 1.00 e. The third-order valence-corrected chi connectivity index (χ3v) is 9.55. The zero-order valence-corrected chi connectivity index (χ0v) is 45.0. The Morgan fingerprint density at radius 1 is 0.549 bits per heavy atom. The van der Waals surface area contributed by atoms with Crippen LogP contribution in [0, 0.1) is 0 Å². The van der Waals surface area contributed by atoms with Gasteiger partial charge in [-0.15, -0.1) is 0 Å². The molecule has 0 bridgehead atoms. The van der Waals surface area contributed by atoms with E-state index in [2.05, 4.69) is 47.4 Å². The van der Waals surface area contributed by atoms with Crippen LogP contribution in [0.4, 0.5) is 122 Å². The molecule has 2 rings (SSSR count). The Hall–Kier alpha value is -2.07. The van der Waals surface area contributed by atoms with Crippen LogP contribution < -0.4 is 56.1 Å². The fraction of sp³-hybridized carbons (Fsp3) is 0.929. The minimum absolute atomic E-state index is 0. The third-order valence-electron chi connectivity index (χ3n) is 7.89. The maximum absolute atomic E-state index is 15.4. The van der Waals surface area contributed by atoms with Crippen LogP contribution in [0.2, 0.25) is 0 Å².